The molecule has 12 nitrogen and oxygen atoms in total. The van der Waals surface area contributed by atoms with E-state index >= 15 is 0 Å². The Morgan fingerprint density at radius 3 is 2.31 bits per heavy atom. The third kappa shape index (κ3) is 5.42. The highest BCUT2D eigenvalue weighted by atomic mass is 32.2. The van der Waals surface area contributed by atoms with Gasteiger partial charge < -0.3 is 13.7 Å². The summed E-state index contributed by atoms with van der Waals surface area (Å²) in [6.07, 6.45) is 1.30. The number of aryl methyl sites for hydroxylation is 2. The average molecular weight is 513 g/mol. The predicted octanol–water partition coefficient (Wildman–Crippen LogP) is 2.21. The number of aromatic amines is 1. The summed E-state index contributed by atoms with van der Waals surface area (Å²) in [5, 5.41) is 10.9. The van der Waals surface area contributed by atoms with Crippen LogP contribution in [-0.2, 0) is 37.3 Å². The molecule has 0 saturated carbocycles. The van der Waals surface area contributed by atoms with Crippen molar-refractivity contribution in [1.29, 1.82) is 0 Å². The second kappa shape index (κ2) is 10.7. The van der Waals surface area contributed by atoms with Crippen LogP contribution in [0.1, 0.15) is 30.3 Å². The van der Waals surface area contributed by atoms with Crippen molar-refractivity contribution in [2.24, 2.45) is 0 Å². The molecule has 1 N–H and O–H groups in total. The van der Waals surface area contributed by atoms with Crippen molar-refractivity contribution in [3.63, 3.8) is 0 Å². The Hall–Kier alpha value is -4.10. The molecule has 0 aliphatic rings. The minimum absolute atomic E-state index is 0.0207. The van der Waals surface area contributed by atoms with Crippen LogP contribution in [0.5, 0.6) is 5.75 Å². The van der Waals surface area contributed by atoms with Crippen LogP contribution in [0.2, 0.25) is 0 Å². The lowest BCUT2D eigenvalue weighted by atomic mass is 10.1. The van der Waals surface area contributed by atoms with Gasteiger partial charge in [0.2, 0.25) is 0 Å². The largest absolute Gasteiger partial charge is 0.740 e. The molecule has 13 heteroatoms. The lowest BCUT2D eigenvalue weighted by molar-refractivity contribution is -0.384. The number of aromatic nitrogens is 4. The van der Waals surface area contributed by atoms with Crippen molar-refractivity contribution in [3.8, 4) is 5.75 Å². The third-order valence-electron chi connectivity index (χ3n) is 5.59. The summed E-state index contributed by atoms with van der Waals surface area (Å²) < 4.78 is 28.6. The molecule has 0 fully saturated rings. The van der Waals surface area contributed by atoms with Gasteiger partial charge in [0.25, 0.3) is 11.2 Å². The van der Waals surface area contributed by atoms with Crippen LogP contribution < -0.4 is 15.4 Å². The van der Waals surface area contributed by atoms with Crippen molar-refractivity contribution in [1.82, 2.24) is 19.1 Å². The molecule has 4 rings (SSSR count). The number of nitrogens with one attached hydrogen (secondary N) is 1. The van der Waals surface area contributed by atoms with Gasteiger partial charge >= 0.3 is 5.69 Å². The maximum Gasteiger partial charge on any atom is 0.332 e. The Balaban J connectivity index is 1.67. The van der Waals surface area contributed by atoms with E-state index in [0.717, 1.165) is 11.1 Å². The number of hydrogen-bond acceptors (Lipinski definition) is 8. The average Bonchev–Trinajstić information content (AvgIpc) is 3.26. The first-order valence-corrected chi connectivity index (χ1v) is 12.1. The number of nitro groups is 1. The summed E-state index contributed by atoms with van der Waals surface area (Å²) in [5.41, 5.74) is 1.08. The Morgan fingerprint density at radius 1 is 1.03 bits per heavy atom. The van der Waals surface area contributed by atoms with Gasteiger partial charge in [0, 0.05) is 31.6 Å². The molecule has 0 bridgehead atoms. The number of benzene rings is 2. The summed E-state index contributed by atoms with van der Waals surface area (Å²) in [4.78, 5) is 44.2. The fourth-order valence-corrected chi connectivity index (χ4v) is 4.15. The molecule has 1 unspecified atom stereocenters. The lowest BCUT2D eigenvalue weighted by Gasteiger charge is -2.10. The van der Waals surface area contributed by atoms with E-state index in [9.17, 15) is 28.5 Å². The third-order valence-corrected chi connectivity index (χ3v) is 5.92. The van der Waals surface area contributed by atoms with E-state index in [1.54, 1.807) is 24.3 Å². The summed E-state index contributed by atoms with van der Waals surface area (Å²) in [6, 6.07) is 12.4. The molecular formula is C23H22N5O7S-. The highest BCUT2D eigenvalue weighted by molar-refractivity contribution is 7.74. The van der Waals surface area contributed by atoms with Gasteiger partial charge in [-0.1, -0.05) is 31.2 Å². The Bertz CT molecular complexity index is 1540. The van der Waals surface area contributed by atoms with Crippen LogP contribution in [0.15, 0.2) is 58.1 Å². The van der Waals surface area contributed by atoms with E-state index in [4.69, 9.17) is 0 Å². The Morgan fingerprint density at radius 2 is 1.69 bits per heavy atom. The van der Waals surface area contributed by atoms with E-state index in [1.807, 2.05) is 6.92 Å². The molecule has 0 saturated heterocycles. The molecule has 188 valence electrons. The van der Waals surface area contributed by atoms with Gasteiger partial charge in [-0.15, -0.1) is 0 Å². The normalized spacial score (nSPS) is 12.1. The molecule has 36 heavy (non-hydrogen) atoms. The molecule has 2 aromatic carbocycles. The van der Waals surface area contributed by atoms with Crippen LogP contribution in [0, 0.1) is 10.1 Å². The highest BCUT2D eigenvalue weighted by Gasteiger charge is 2.17. The minimum Gasteiger partial charge on any atom is -0.740 e. The topological polar surface area (TPSA) is 165 Å². The molecule has 0 spiro atoms. The Labute approximate surface area is 206 Å². The van der Waals surface area contributed by atoms with Gasteiger partial charge in [0.05, 0.1) is 4.92 Å². The number of imidazole rings is 1. The lowest BCUT2D eigenvalue weighted by Crippen LogP contribution is -2.40. The second-order valence-corrected chi connectivity index (χ2v) is 8.63. The quantitative estimate of drug-likeness (QED) is 0.192. The van der Waals surface area contributed by atoms with E-state index < -0.39 is 27.5 Å². The molecule has 0 aliphatic heterocycles. The number of hydrogen-bond donors (Lipinski definition) is 1. The Kier molecular flexibility index (Phi) is 7.41. The zero-order chi connectivity index (χ0) is 25.8. The maximum absolute atomic E-state index is 13.2. The summed E-state index contributed by atoms with van der Waals surface area (Å²) >= 11 is -2.67. The van der Waals surface area contributed by atoms with Gasteiger partial charge in [-0.05, 0) is 36.1 Å². The number of nitrogens with zero attached hydrogens (tertiary/aromatic N) is 4. The van der Waals surface area contributed by atoms with Gasteiger partial charge in [-0.25, -0.2) is 14.0 Å². The van der Waals surface area contributed by atoms with Crippen molar-refractivity contribution >= 4 is 28.2 Å². The summed E-state index contributed by atoms with van der Waals surface area (Å²) in [7, 11) is 0. The van der Waals surface area contributed by atoms with Crippen LogP contribution in [0.25, 0.3) is 11.2 Å². The second-order valence-electron chi connectivity index (χ2n) is 8.05. The van der Waals surface area contributed by atoms with Gasteiger partial charge in [-0.3, -0.25) is 24.0 Å². The number of fused-ring (bicyclic) bond motifs is 1. The fourth-order valence-electron chi connectivity index (χ4n) is 3.88. The molecule has 2 heterocycles. The van der Waals surface area contributed by atoms with Crippen LogP contribution in [0.3, 0.4) is 0 Å². The number of non-ortho nitro benzene ring substituents is 1. The maximum atomic E-state index is 13.2. The highest BCUT2D eigenvalue weighted by Crippen LogP contribution is 2.17. The van der Waals surface area contributed by atoms with Gasteiger partial charge in [0.15, 0.2) is 5.65 Å². The van der Waals surface area contributed by atoms with Crippen molar-refractivity contribution in [2.75, 3.05) is 0 Å². The number of rotatable bonds is 10. The first-order chi connectivity index (χ1) is 17.3. The SMILES string of the molecule is CCCn1c(=O)c2[nH]c(Cc3ccc(OS(=O)[O-])cc3)nc2n(CCc2ccc([N+](=O)[O-])cc2)c1=O. The van der Waals surface area contributed by atoms with E-state index in [-0.39, 0.29) is 35.7 Å². The predicted molar refractivity (Wildman–Crippen MR) is 131 cm³/mol. The van der Waals surface area contributed by atoms with Crippen molar-refractivity contribution in [3.05, 3.63) is 96.4 Å². The monoisotopic (exact) mass is 512 g/mol. The molecular weight excluding hydrogens is 490 g/mol. The fraction of sp³-hybridized carbons (Fsp3) is 0.261. The van der Waals surface area contributed by atoms with Crippen molar-refractivity contribution in [2.45, 2.75) is 39.3 Å². The summed E-state index contributed by atoms with van der Waals surface area (Å²) in [6.45, 7) is 2.34. The van der Waals surface area contributed by atoms with Gasteiger partial charge in [0.1, 0.15) is 28.5 Å². The number of nitro benzene ring substituents is 1. The zero-order valence-electron chi connectivity index (χ0n) is 19.2. The first-order valence-electron chi connectivity index (χ1n) is 11.1. The molecule has 0 aliphatic carbocycles. The number of H-pyrrole nitrogens is 1. The molecule has 0 radical (unpaired) electrons. The smallest absolute Gasteiger partial charge is 0.332 e. The summed E-state index contributed by atoms with van der Waals surface area (Å²) in [5.74, 6) is 0.625. The van der Waals surface area contributed by atoms with Gasteiger partial charge in [-0.2, -0.15) is 0 Å². The molecule has 0 amide bonds. The first kappa shape index (κ1) is 25.0. The molecule has 2 aromatic heterocycles. The van der Waals surface area contributed by atoms with Crippen LogP contribution >= 0.6 is 0 Å². The van der Waals surface area contributed by atoms with E-state index in [0.29, 0.717) is 25.1 Å². The standard InChI is InChI=1S/C23H23N5O7S/c1-2-12-27-22(29)20-21(25-19(24-20)14-16-5-9-18(10-6-16)35-36(33)34)26(23(27)30)13-11-15-3-7-17(8-4-15)28(31)32/h3-10H,2,11-14H2,1H3,(H,24,25)(H,33,34)/p-1. The molecule has 1 atom stereocenters. The van der Waals surface area contributed by atoms with Crippen LogP contribution in [-0.4, -0.2) is 32.8 Å². The van der Waals surface area contributed by atoms with Crippen molar-refractivity contribution < 1.29 is 17.9 Å². The molecule has 4 aromatic rings. The zero-order valence-corrected chi connectivity index (χ0v) is 20.0. The van der Waals surface area contributed by atoms with E-state index in [1.165, 1.54) is 33.4 Å². The van der Waals surface area contributed by atoms with E-state index in [2.05, 4.69) is 14.2 Å². The minimum atomic E-state index is -2.67. The van der Waals surface area contributed by atoms with Crippen LogP contribution in [0.4, 0.5) is 5.69 Å².